The standard InChI is InChI=1S/C22H25F3N6O3S2/c1-2-15-16(11-31(30-15)13-3-5-26-6-4-13)28-21-27-10-14(22(23,24)25)20(29-21)17-9-19-18(35-17)12-34-7-8-36(19,32)33/h9-11,13,26H,2-8,12H2,1H3,(H,27,28,29). The smallest absolute Gasteiger partial charge is 0.375 e. The molecule has 14 heteroatoms. The number of sulfone groups is 1. The Balaban J connectivity index is 1.53. The first-order valence-corrected chi connectivity index (χ1v) is 14.1. The lowest BCUT2D eigenvalue weighted by molar-refractivity contribution is -0.137. The van der Waals surface area contributed by atoms with Crippen molar-refractivity contribution < 1.29 is 26.3 Å². The van der Waals surface area contributed by atoms with Gasteiger partial charge in [-0.3, -0.25) is 4.68 Å². The molecule has 36 heavy (non-hydrogen) atoms. The van der Waals surface area contributed by atoms with Crippen molar-refractivity contribution in [2.24, 2.45) is 0 Å². The normalized spacial score (nSPS) is 18.6. The molecule has 0 bridgehead atoms. The summed E-state index contributed by atoms with van der Waals surface area (Å²) in [6.45, 7) is 3.80. The summed E-state index contributed by atoms with van der Waals surface area (Å²) >= 11 is 0.935. The first-order chi connectivity index (χ1) is 17.2. The Hall–Kier alpha value is -2.55. The summed E-state index contributed by atoms with van der Waals surface area (Å²) in [6, 6.07) is 1.50. The van der Waals surface area contributed by atoms with E-state index in [-0.39, 0.29) is 46.4 Å². The second-order valence-corrected chi connectivity index (χ2v) is 11.9. The molecule has 2 N–H and O–H groups in total. The van der Waals surface area contributed by atoms with Gasteiger partial charge in [-0.15, -0.1) is 11.3 Å². The van der Waals surface area contributed by atoms with Gasteiger partial charge in [-0.1, -0.05) is 6.92 Å². The van der Waals surface area contributed by atoms with E-state index in [1.165, 1.54) is 6.07 Å². The number of piperidine rings is 1. The molecule has 0 amide bonds. The van der Waals surface area contributed by atoms with Gasteiger partial charge in [0, 0.05) is 17.3 Å². The largest absolute Gasteiger partial charge is 0.420 e. The van der Waals surface area contributed by atoms with E-state index in [2.05, 4.69) is 25.7 Å². The number of nitrogens with zero attached hydrogens (tertiary/aromatic N) is 4. The molecule has 0 aromatic carbocycles. The third-order valence-electron chi connectivity index (χ3n) is 6.23. The summed E-state index contributed by atoms with van der Waals surface area (Å²) in [5.41, 5.74) is -0.0368. The molecule has 0 aliphatic carbocycles. The predicted molar refractivity (Wildman–Crippen MR) is 128 cm³/mol. The van der Waals surface area contributed by atoms with Gasteiger partial charge < -0.3 is 15.4 Å². The van der Waals surface area contributed by atoms with Crippen molar-refractivity contribution >= 4 is 32.8 Å². The second kappa shape index (κ2) is 9.72. The van der Waals surface area contributed by atoms with Crippen molar-refractivity contribution in [2.75, 3.05) is 30.8 Å². The highest BCUT2D eigenvalue weighted by molar-refractivity contribution is 7.91. The highest BCUT2D eigenvalue weighted by Gasteiger charge is 2.37. The zero-order valence-electron chi connectivity index (χ0n) is 19.4. The van der Waals surface area contributed by atoms with Crippen LogP contribution in [-0.4, -0.2) is 53.6 Å². The van der Waals surface area contributed by atoms with Crippen molar-refractivity contribution in [3.63, 3.8) is 0 Å². The monoisotopic (exact) mass is 542 g/mol. The van der Waals surface area contributed by atoms with Crippen molar-refractivity contribution in [3.05, 3.63) is 34.6 Å². The molecule has 1 fully saturated rings. The first kappa shape index (κ1) is 25.1. The summed E-state index contributed by atoms with van der Waals surface area (Å²) in [7, 11) is -3.66. The van der Waals surface area contributed by atoms with Crippen molar-refractivity contribution in [1.29, 1.82) is 0 Å². The molecule has 1 saturated heterocycles. The molecule has 194 valence electrons. The summed E-state index contributed by atoms with van der Waals surface area (Å²) < 4.78 is 74.0. The number of fused-ring (bicyclic) bond motifs is 1. The van der Waals surface area contributed by atoms with Gasteiger partial charge in [0.05, 0.1) is 51.9 Å². The third-order valence-corrected chi connectivity index (χ3v) is 9.22. The van der Waals surface area contributed by atoms with E-state index in [9.17, 15) is 21.6 Å². The topological polar surface area (TPSA) is 111 Å². The fraction of sp³-hybridized carbons (Fsp3) is 0.500. The molecular weight excluding hydrogens is 517 g/mol. The molecule has 9 nitrogen and oxygen atoms in total. The van der Waals surface area contributed by atoms with Crippen LogP contribution >= 0.6 is 11.3 Å². The molecule has 5 rings (SSSR count). The van der Waals surface area contributed by atoms with Crippen LogP contribution < -0.4 is 10.6 Å². The number of hydrogen-bond donors (Lipinski definition) is 2. The molecule has 0 saturated carbocycles. The second-order valence-electron chi connectivity index (χ2n) is 8.65. The average Bonchev–Trinajstić information content (AvgIpc) is 3.43. The molecule has 2 aliphatic heterocycles. The minimum atomic E-state index is -4.72. The molecule has 0 radical (unpaired) electrons. The summed E-state index contributed by atoms with van der Waals surface area (Å²) in [5, 5.41) is 11.0. The molecular formula is C22H25F3N6O3S2. The van der Waals surface area contributed by atoms with Crippen LogP contribution in [0.3, 0.4) is 0 Å². The Kier molecular flexibility index (Phi) is 6.78. The lowest BCUT2D eigenvalue weighted by atomic mass is 10.1. The lowest BCUT2D eigenvalue weighted by Gasteiger charge is -2.22. The summed E-state index contributed by atoms with van der Waals surface area (Å²) in [4.78, 5) is 8.57. The fourth-order valence-corrected chi connectivity index (χ4v) is 7.18. The van der Waals surface area contributed by atoms with Gasteiger partial charge in [-0.2, -0.15) is 18.3 Å². The molecule has 2 aliphatic rings. The molecule has 3 aromatic heterocycles. The van der Waals surface area contributed by atoms with E-state index in [1.54, 1.807) is 0 Å². The number of aryl methyl sites for hydroxylation is 1. The van der Waals surface area contributed by atoms with Gasteiger partial charge in [-0.05, 0) is 38.4 Å². The quantitative estimate of drug-likeness (QED) is 0.499. The van der Waals surface area contributed by atoms with Crippen LogP contribution in [0.5, 0.6) is 0 Å². The van der Waals surface area contributed by atoms with Crippen molar-refractivity contribution in [2.45, 2.75) is 49.9 Å². The van der Waals surface area contributed by atoms with Gasteiger partial charge in [0.1, 0.15) is 5.56 Å². The number of thiophene rings is 1. The lowest BCUT2D eigenvalue weighted by Crippen LogP contribution is -2.29. The van der Waals surface area contributed by atoms with E-state index in [0.29, 0.717) is 17.0 Å². The molecule has 5 heterocycles. The highest BCUT2D eigenvalue weighted by atomic mass is 32.2. The Morgan fingerprint density at radius 2 is 2.08 bits per heavy atom. The Bertz CT molecular complexity index is 1360. The van der Waals surface area contributed by atoms with Gasteiger partial charge in [0.15, 0.2) is 9.84 Å². The third kappa shape index (κ3) is 4.99. The average molecular weight is 543 g/mol. The zero-order chi connectivity index (χ0) is 25.5. The van der Waals surface area contributed by atoms with Crippen molar-refractivity contribution in [3.8, 4) is 10.6 Å². The maximum absolute atomic E-state index is 13.9. The molecule has 0 atom stereocenters. The number of halogens is 3. The summed E-state index contributed by atoms with van der Waals surface area (Å²) in [6.07, 6.45) is 0.320. The van der Waals surface area contributed by atoms with Gasteiger partial charge in [0.2, 0.25) is 5.95 Å². The fourth-order valence-electron chi connectivity index (χ4n) is 4.35. The van der Waals surface area contributed by atoms with E-state index in [0.717, 1.165) is 49.2 Å². The van der Waals surface area contributed by atoms with Crippen LogP contribution in [0.2, 0.25) is 0 Å². The molecule has 3 aromatic rings. The van der Waals surface area contributed by atoms with Crippen LogP contribution in [0.4, 0.5) is 24.8 Å². The van der Waals surface area contributed by atoms with Gasteiger partial charge in [-0.25, -0.2) is 18.4 Å². The Morgan fingerprint density at radius 3 is 2.81 bits per heavy atom. The first-order valence-electron chi connectivity index (χ1n) is 11.6. The zero-order valence-corrected chi connectivity index (χ0v) is 21.1. The van der Waals surface area contributed by atoms with Crippen LogP contribution in [-0.2, 0) is 33.8 Å². The molecule has 0 spiro atoms. The predicted octanol–water partition coefficient (Wildman–Crippen LogP) is 3.95. The highest BCUT2D eigenvalue weighted by Crippen LogP contribution is 2.42. The van der Waals surface area contributed by atoms with E-state index in [1.807, 2.05) is 17.8 Å². The number of nitrogens with one attached hydrogen (secondary N) is 2. The Morgan fingerprint density at radius 1 is 1.31 bits per heavy atom. The minimum absolute atomic E-state index is 0.00207. The van der Waals surface area contributed by atoms with E-state index >= 15 is 0 Å². The number of hydrogen-bond acceptors (Lipinski definition) is 9. The minimum Gasteiger partial charge on any atom is -0.375 e. The van der Waals surface area contributed by atoms with Crippen LogP contribution in [0.25, 0.3) is 10.6 Å². The number of alkyl halides is 3. The summed E-state index contributed by atoms with van der Waals surface area (Å²) in [5.74, 6) is -0.250. The van der Waals surface area contributed by atoms with E-state index < -0.39 is 21.6 Å². The van der Waals surface area contributed by atoms with Gasteiger partial charge >= 0.3 is 6.18 Å². The number of ether oxygens (including phenoxy) is 1. The van der Waals surface area contributed by atoms with Crippen LogP contribution in [0.1, 0.15) is 41.9 Å². The van der Waals surface area contributed by atoms with Crippen molar-refractivity contribution in [1.82, 2.24) is 25.1 Å². The van der Waals surface area contributed by atoms with Crippen LogP contribution in [0, 0.1) is 0 Å². The maximum Gasteiger partial charge on any atom is 0.420 e. The number of aromatic nitrogens is 4. The maximum atomic E-state index is 13.9. The van der Waals surface area contributed by atoms with E-state index in [4.69, 9.17) is 4.74 Å². The number of anilines is 2. The Labute approximate surface area is 210 Å². The SMILES string of the molecule is CCc1nn(C2CCNCC2)cc1Nc1ncc(C(F)(F)F)c(-c2cc3c(s2)COCCS3(=O)=O)n1. The number of rotatable bonds is 5. The van der Waals surface area contributed by atoms with Gasteiger partial charge in [0.25, 0.3) is 0 Å². The van der Waals surface area contributed by atoms with Crippen LogP contribution in [0.15, 0.2) is 23.4 Å². The molecule has 0 unspecified atom stereocenters.